The van der Waals surface area contributed by atoms with Crippen LogP contribution in [-0.4, -0.2) is 17.0 Å². The van der Waals surface area contributed by atoms with Crippen molar-refractivity contribution in [3.05, 3.63) is 39.5 Å². The van der Waals surface area contributed by atoms with Gasteiger partial charge in [0.05, 0.1) is 11.8 Å². The summed E-state index contributed by atoms with van der Waals surface area (Å²) >= 11 is 2.21. The molecular formula is C15H16INO3. The Balaban J connectivity index is 2.12. The Morgan fingerprint density at radius 1 is 1.25 bits per heavy atom. The lowest BCUT2D eigenvalue weighted by Crippen LogP contribution is -2.34. The molecule has 20 heavy (non-hydrogen) atoms. The Hall–Kier alpha value is -1.37. The quantitative estimate of drug-likeness (QED) is 0.621. The third-order valence-electron chi connectivity index (χ3n) is 3.53. The van der Waals surface area contributed by atoms with E-state index in [-0.39, 0.29) is 5.91 Å². The molecule has 1 aliphatic carbocycles. The monoisotopic (exact) mass is 385 g/mol. The van der Waals surface area contributed by atoms with Crippen molar-refractivity contribution in [2.24, 2.45) is 11.8 Å². The maximum Gasteiger partial charge on any atom is 0.307 e. The SMILES string of the molecule is Cc1ccc(NC(=O)[C@@H]2CC=CC[C@@H]2C(=O)O)cc1I. The van der Waals surface area contributed by atoms with Crippen LogP contribution in [0.2, 0.25) is 0 Å². The van der Waals surface area contributed by atoms with Crippen LogP contribution in [0.5, 0.6) is 0 Å². The maximum absolute atomic E-state index is 12.3. The second-order valence-corrected chi connectivity index (χ2v) is 6.11. The summed E-state index contributed by atoms with van der Waals surface area (Å²) in [5, 5.41) is 12.0. The van der Waals surface area contributed by atoms with Crippen LogP contribution in [0.3, 0.4) is 0 Å². The number of halogens is 1. The molecule has 2 N–H and O–H groups in total. The fourth-order valence-corrected chi connectivity index (χ4v) is 2.80. The summed E-state index contributed by atoms with van der Waals surface area (Å²) in [4.78, 5) is 23.5. The van der Waals surface area contributed by atoms with Gasteiger partial charge >= 0.3 is 5.97 Å². The molecule has 1 aliphatic rings. The number of aryl methyl sites for hydroxylation is 1. The Labute approximate surface area is 131 Å². The number of hydrogen-bond acceptors (Lipinski definition) is 2. The molecule has 1 aromatic rings. The molecule has 0 aliphatic heterocycles. The van der Waals surface area contributed by atoms with Gasteiger partial charge in [0.25, 0.3) is 0 Å². The average molecular weight is 385 g/mol. The van der Waals surface area contributed by atoms with E-state index in [1.165, 1.54) is 0 Å². The lowest BCUT2D eigenvalue weighted by atomic mass is 9.82. The molecule has 2 rings (SSSR count). The highest BCUT2D eigenvalue weighted by molar-refractivity contribution is 14.1. The van der Waals surface area contributed by atoms with Gasteiger partial charge < -0.3 is 10.4 Å². The van der Waals surface area contributed by atoms with Crippen molar-refractivity contribution >= 4 is 40.2 Å². The minimum atomic E-state index is -0.909. The predicted molar refractivity (Wildman–Crippen MR) is 85.5 cm³/mol. The van der Waals surface area contributed by atoms with Gasteiger partial charge in [0, 0.05) is 9.26 Å². The van der Waals surface area contributed by atoms with Crippen molar-refractivity contribution in [2.75, 3.05) is 5.32 Å². The molecule has 0 heterocycles. The number of rotatable bonds is 3. The average Bonchev–Trinajstić information content (AvgIpc) is 2.43. The summed E-state index contributed by atoms with van der Waals surface area (Å²) in [6, 6.07) is 5.67. The molecule has 2 atom stereocenters. The van der Waals surface area contributed by atoms with E-state index < -0.39 is 17.8 Å². The Morgan fingerprint density at radius 3 is 2.50 bits per heavy atom. The van der Waals surface area contributed by atoms with E-state index in [9.17, 15) is 14.7 Å². The highest BCUT2D eigenvalue weighted by Crippen LogP contribution is 2.27. The molecule has 0 fully saturated rings. The van der Waals surface area contributed by atoms with Gasteiger partial charge in [0.15, 0.2) is 0 Å². The van der Waals surface area contributed by atoms with Crippen molar-refractivity contribution in [2.45, 2.75) is 19.8 Å². The number of amides is 1. The summed E-state index contributed by atoms with van der Waals surface area (Å²) in [6.07, 6.45) is 4.60. The van der Waals surface area contributed by atoms with E-state index in [4.69, 9.17) is 0 Å². The normalized spacial score (nSPS) is 21.5. The standard InChI is InChI=1S/C15H16INO3/c1-9-6-7-10(8-13(9)16)17-14(18)11-4-2-3-5-12(11)15(19)20/h2-3,6-8,11-12H,4-5H2,1H3,(H,17,18)(H,19,20)/t11-,12+/m1/s1. The smallest absolute Gasteiger partial charge is 0.307 e. The van der Waals surface area contributed by atoms with Crippen molar-refractivity contribution in [3.8, 4) is 0 Å². The third-order valence-corrected chi connectivity index (χ3v) is 4.69. The Bertz CT molecular complexity index is 568. The lowest BCUT2D eigenvalue weighted by Gasteiger charge is -2.24. The van der Waals surface area contributed by atoms with E-state index >= 15 is 0 Å². The Morgan fingerprint density at radius 2 is 1.90 bits per heavy atom. The van der Waals surface area contributed by atoms with Crippen LogP contribution in [0, 0.1) is 22.3 Å². The largest absolute Gasteiger partial charge is 0.481 e. The van der Waals surface area contributed by atoms with Gasteiger partial charge in [-0.1, -0.05) is 18.2 Å². The Kier molecular flexibility index (Phi) is 4.80. The number of aliphatic carboxylic acids is 1. The lowest BCUT2D eigenvalue weighted by molar-refractivity contribution is -0.146. The minimum Gasteiger partial charge on any atom is -0.481 e. The number of hydrogen-bond donors (Lipinski definition) is 2. The van der Waals surface area contributed by atoms with Crippen LogP contribution < -0.4 is 5.32 Å². The van der Waals surface area contributed by atoms with E-state index in [0.29, 0.717) is 18.5 Å². The third kappa shape index (κ3) is 3.39. The molecule has 0 bridgehead atoms. The first kappa shape index (κ1) is 15.0. The molecule has 0 spiro atoms. The number of carboxylic acids is 1. The molecule has 0 aromatic heterocycles. The summed E-state index contributed by atoms with van der Waals surface area (Å²) < 4.78 is 1.07. The molecule has 0 saturated heterocycles. The first-order valence-electron chi connectivity index (χ1n) is 6.44. The second kappa shape index (κ2) is 6.39. The summed E-state index contributed by atoms with van der Waals surface area (Å²) in [5.41, 5.74) is 1.86. The predicted octanol–water partition coefficient (Wildman–Crippen LogP) is 3.21. The topological polar surface area (TPSA) is 66.4 Å². The van der Waals surface area contributed by atoms with Crippen LogP contribution in [0.25, 0.3) is 0 Å². The molecule has 1 amide bonds. The van der Waals surface area contributed by atoms with Crippen molar-refractivity contribution in [3.63, 3.8) is 0 Å². The summed E-state index contributed by atoms with van der Waals surface area (Å²) in [6.45, 7) is 2.00. The fourth-order valence-electron chi connectivity index (χ4n) is 2.28. The van der Waals surface area contributed by atoms with Crippen LogP contribution in [0.1, 0.15) is 18.4 Å². The zero-order valence-electron chi connectivity index (χ0n) is 11.1. The number of carboxylic acid groups (broad SMARTS) is 1. The molecule has 4 nitrogen and oxygen atoms in total. The van der Waals surface area contributed by atoms with Gasteiger partial charge in [-0.05, 0) is 60.1 Å². The number of benzene rings is 1. The van der Waals surface area contributed by atoms with Crippen LogP contribution in [0.15, 0.2) is 30.4 Å². The first-order valence-corrected chi connectivity index (χ1v) is 7.51. The highest BCUT2D eigenvalue weighted by Gasteiger charge is 2.33. The van der Waals surface area contributed by atoms with Crippen LogP contribution in [-0.2, 0) is 9.59 Å². The zero-order valence-corrected chi connectivity index (χ0v) is 13.3. The number of carbonyl (C=O) groups is 2. The van der Waals surface area contributed by atoms with Crippen molar-refractivity contribution < 1.29 is 14.7 Å². The summed E-state index contributed by atoms with van der Waals surface area (Å²) in [5.74, 6) is -2.27. The molecule has 0 radical (unpaired) electrons. The summed E-state index contributed by atoms with van der Waals surface area (Å²) in [7, 11) is 0. The van der Waals surface area contributed by atoms with E-state index in [2.05, 4.69) is 27.9 Å². The van der Waals surface area contributed by atoms with Crippen molar-refractivity contribution in [1.29, 1.82) is 0 Å². The molecule has 1 aromatic carbocycles. The molecule has 0 saturated carbocycles. The van der Waals surface area contributed by atoms with Gasteiger partial charge in [-0.3, -0.25) is 9.59 Å². The molecule has 0 unspecified atom stereocenters. The van der Waals surface area contributed by atoms with Gasteiger partial charge in [-0.15, -0.1) is 0 Å². The second-order valence-electron chi connectivity index (χ2n) is 4.95. The fraction of sp³-hybridized carbons (Fsp3) is 0.333. The molecule has 5 heteroatoms. The highest BCUT2D eigenvalue weighted by atomic mass is 127. The van der Waals surface area contributed by atoms with E-state index in [0.717, 1.165) is 9.13 Å². The van der Waals surface area contributed by atoms with Gasteiger partial charge in [-0.2, -0.15) is 0 Å². The molecule has 106 valence electrons. The maximum atomic E-state index is 12.3. The van der Waals surface area contributed by atoms with Gasteiger partial charge in [-0.25, -0.2) is 0 Å². The number of carbonyl (C=O) groups excluding carboxylic acids is 1. The number of anilines is 1. The minimum absolute atomic E-state index is 0.221. The van der Waals surface area contributed by atoms with Gasteiger partial charge in [0.2, 0.25) is 5.91 Å². The van der Waals surface area contributed by atoms with E-state index in [1.807, 2.05) is 37.3 Å². The molecular weight excluding hydrogens is 369 g/mol. The number of allylic oxidation sites excluding steroid dienone is 2. The van der Waals surface area contributed by atoms with Crippen LogP contribution >= 0.6 is 22.6 Å². The van der Waals surface area contributed by atoms with Gasteiger partial charge in [0.1, 0.15) is 0 Å². The zero-order chi connectivity index (χ0) is 14.7. The van der Waals surface area contributed by atoms with Crippen LogP contribution in [0.4, 0.5) is 5.69 Å². The van der Waals surface area contributed by atoms with E-state index in [1.54, 1.807) is 0 Å². The number of nitrogens with one attached hydrogen (secondary N) is 1. The first-order chi connectivity index (χ1) is 9.49. The van der Waals surface area contributed by atoms with Crippen molar-refractivity contribution in [1.82, 2.24) is 0 Å².